The van der Waals surface area contributed by atoms with Crippen molar-refractivity contribution in [2.75, 3.05) is 13.1 Å². The zero-order valence-electron chi connectivity index (χ0n) is 5.66. The van der Waals surface area contributed by atoms with Crippen LogP contribution in [0.4, 0.5) is 9.41 Å². The van der Waals surface area contributed by atoms with Crippen LogP contribution in [0, 0.1) is 0 Å². The van der Waals surface area contributed by atoms with Crippen LogP contribution >= 0.6 is 12.8 Å². The molecular weight excluding hydrogens is 156 g/mol. The third-order valence-corrected chi connectivity index (χ3v) is 0.964. The second-order valence-electron chi connectivity index (χ2n) is 1.42. The van der Waals surface area contributed by atoms with Crippen LogP contribution in [0.5, 0.6) is 0 Å². The highest BCUT2D eigenvalue weighted by molar-refractivity contribution is 7.77. The first-order valence-corrected chi connectivity index (χ1v) is 2.81. The summed E-state index contributed by atoms with van der Waals surface area (Å²) >= 11 is 4.83. The largest absolute Gasteiger partial charge is 0.269 e. The number of rotatable bonds is 4. The lowest BCUT2D eigenvalue weighted by Crippen LogP contribution is -2.10. The van der Waals surface area contributed by atoms with Crippen LogP contribution in [0.25, 0.3) is 0 Å². The normalized spacial score (nSPS) is 7.40. The topological polar surface area (TPSA) is 3.24 Å². The van der Waals surface area contributed by atoms with Crippen molar-refractivity contribution < 1.29 is 9.41 Å². The fourth-order valence-corrected chi connectivity index (χ4v) is 0.573. The van der Waals surface area contributed by atoms with Gasteiger partial charge in [0.15, 0.2) is 0 Å². The van der Waals surface area contributed by atoms with Crippen LogP contribution in [0.1, 0.15) is 0 Å². The summed E-state index contributed by atoms with van der Waals surface area (Å²) in [6.07, 6.45) is 3.55. The van der Waals surface area contributed by atoms with Crippen LogP contribution in [0.15, 0.2) is 25.3 Å². The van der Waals surface area contributed by atoms with Gasteiger partial charge >= 0.3 is 0 Å². The molecule has 0 aromatic carbocycles. The summed E-state index contributed by atoms with van der Waals surface area (Å²) in [6, 6.07) is 0. The Kier molecular flexibility index (Phi) is 18.7. The van der Waals surface area contributed by atoms with Gasteiger partial charge in [-0.05, 0) is 0 Å². The Morgan fingerprint density at radius 1 is 1.10 bits per heavy atom. The molecule has 0 N–H and O–H groups in total. The monoisotopic (exact) mass is 168 g/mol. The molecule has 0 aromatic rings. The minimum absolute atomic E-state index is 0. The molecule has 0 fully saturated rings. The van der Waals surface area contributed by atoms with E-state index >= 15 is 0 Å². The molecule has 0 heterocycles. The Hall–Kier alpha value is -0.350. The maximum absolute atomic E-state index is 4.83. The third-order valence-electron chi connectivity index (χ3n) is 0.665. The van der Waals surface area contributed by atoms with Crippen LogP contribution in [-0.2, 0) is 0 Å². The molecule has 0 aliphatic rings. The number of hydrogen-bond acceptors (Lipinski definition) is 1. The van der Waals surface area contributed by atoms with Crippen molar-refractivity contribution in [1.82, 2.24) is 4.31 Å². The molecule has 0 saturated carbocycles. The van der Waals surface area contributed by atoms with Gasteiger partial charge in [-0.25, -0.2) is 4.31 Å². The van der Waals surface area contributed by atoms with Gasteiger partial charge in [-0.2, -0.15) is 0 Å². The minimum atomic E-state index is 0. The number of nitrogens with zero attached hydrogens (tertiary/aromatic N) is 1. The van der Waals surface area contributed by atoms with Gasteiger partial charge in [-0.1, -0.05) is 12.2 Å². The average Bonchev–Trinajstić information content (AvgIpc) is 1.68. The first-order chi connectivity index (χ1) is 3.81. The zero-order chi connectivity index (χ0) is 6.41. The van der Waals surface area contributed by atoms with Crippen molar-refractivity contribution in [3.8, 4) is 0 Å². The molecule has 0 saturated heterocycles. The molecule has 0 bridgehead atoms. The lowest BCUT2D eigenvalue weighted by molar-refractivity contribution is 0.588. The van der Waals surface area contributed by atoms with E-state index < -0.39 is 0 Å². The molecule has 0 amide bonds. The zero-order valence-corrected chi connectivity index (χ0v) is 6.47. The van der Waals surface area contributed by atoms with Gasteiger partial charge in [0.2, 0.25) is 0 Å². The van der Waals surface area contributed by atoms with Crippen molar-refractivity contribution in [3.05, 3.63) is 25.3 Å². The van der Waals surface area contributed by atoms with Gasteiger partial charge in [0.25, 0.3) is 0 Å². The smallest absolute Gasteiger partial charge is 0.0279 e. The van der Waals surface area contributed by atoms with Crippen molar-refractivity contribution in [2.45, 2.75) is 0 Å². The van der Waals surface area contributed by atoms with E-state index in [1.807, 2.05) is 0 Å². The lowest BCUT2D eigenvalue weighted by atomic mass is 10.5. The molecule has 1 nitrogen and oxygen atoms in total. The van der Waals surface area contributed by atoms with Crippen molar-refractivity contribution in [3.63, 3.8) is 0 Å². The number of halogens is 2. The summed E-state index contributed by atoms with van der Waals surface area (Å²) in [4.78, 5) is 0. The Labute approximate surface area is 65.7 Å². The van der Waals surface area contributed by atoms with E-state index in [4.69, 9.17) is 12.8 Å². The van der Waals surface area contributed by atoms with E-state index in [1.165, 1.54) is 0 Å². The van der Waals surface area contributed by atoms with E-state index in [2.05, 4.69) is 13.2 Å². The van der Waals surface area contributed by atoms with E-state index in [9.17, 15) is 0 Å². The van der Waals surface area contributed by atoms with E-state index in [0.717, 1.165) is 13.1 Å². The molecule has 0 unspecified atom stereocenters. The first kappa shape index (κ1) is 16.3. The summed E-state index contributed by atoms with van der Waals surface area (Å²) in [6.45, 7) is 8.58. The van der Waals surface area contributed by atoms with E-state index in [1.54, 1.807) is 16.5 Å². The fraction of sp³-hybridized carbons (Fsp3) is 0.333. The van der Waals surface area contributed by atoms with Crippen LogP contribution in [0.3, 0.4) is 0 Å². The molecular formula is C6H12F2NS. The Morgan fingerprint density at radius 2 is 1.40 bits per heavy atom. The lowest BCUT2D eigenvalue weighted by Gasteiger charge is -2.05. The second-order valence-corrected chi connectivity index (χ2v) is 1.94. The molecule has 0 spiro atoms. The average molecular weight is 168 g/mol. The Morgan fingerprint density at radius 3 is 1.60 bits per heavy atom. The maximum Gasteiger partial charge on any atom is 0.0279 e. The Bertz CT molecular complexity index is 77.8. The van der Waals surface area contributed by atoms with Crippen molar-refractivity contribution in [1.29, 1.82) is 0 Å². The summed E-state index contributed by atoms with van der Waals surface area (Å²) in [7, 11) is 0. The molecule has 0 aliphatic heterocycles. The van der Waals surface area contributed by atoms with E-state index in [-0.39, 0.29) is 9.41 Å². The molecule has 0 aliphatic carbocycles. The van der Waals surface area contributed by atoms with Crippen molar-refractivity contribution in [2.24, 2.45) is 0 Å². The van der Waals surface area contributed by atoms with Crippen molar-refractivity contribution >= 4 is 12.8 Å². The van der Waals surface area contributed by atoms with Gasteiger partial charge in [0, 0.05) is 25.9 Å². The second kappa shape index (κ2) is 11.4. The van der Waals surface area contributed by atoms with Crippen LogP contribution in [0.2, 0.25) is 0 Å². The van der Waals surface area contributed by atoms with Gasteiger partial charge in [-0.3, -0.25) is 9.41 Å². The molecule has 1 radical (unpaired) electrons. The summed E-state index contributed by atoms with van der Waals surface area (Å²) in [5.41, 5.74) is 0. The van der Waals surface area contributed by atoms with Crippen LogP contribution < -0.4 is 0 Å². The van der Waals surface area contributed by atoms with Gasteiger partial charge < -0.3 is 0 Å². The van der Waals surface area contributed by atoms with Crippen LogP contribution in [-0.4, -0.2) is 17.4 Å². The van der Waals surface area contributed by atoms with Gasteiger partial charge in [-0.15, -0.1) is 13.2 Å². The van der Waals surface area contributed by atoms with Gasteiger partial charge in [0.1, 0.15) is 0 Å². The molecule has 10 heavy (non-hydrogen) atoms. The molecule has 0 rings (SSSR count). The summed E-state index contributed by atoms with van der Waals surface area (Å²) in [5.74, 6) is 0. The maximum atomic E-state index is 4.83. The predicted octanol–water partition coefficient (Wildman–Crippen LogP) is 2.08. The standard InChI is InChI=1S/C6H10NS.2FH/c1-3-5-7(8)6-4-2;;/h3-4H,1-2,5-6H2;2*1H. The highest BCUT2D eigenvalue weighted by atomic mass is 32.1. The first-order valence-electron chi connectivity index (χ1n) is 2.45. The molecule has 0 aromatic heterocycles. The minimum Gasteiger partial charge on any atom is -0.269 e. The molecule has 4 heteroatoms. The number of hydrogen-bond donors (Lipinski definition) is 0. The van der Waals surface area contributed by atoms with Gasteiger partial charge in [0.05, 0.1) is 0 Å². The highest BCUT2D eigenvalue weighted by Crippen LogP contribution is 1.90. The molecule has 61 valence electrons. The quantitative estimate of drug-likeness (QED) is 0.581. The summed E-state index contributed by atoms with van der Waals surface area (Å²) < 4.78 is 1.71. The van der Waals surface area contributed by atoms with E-state index in [0.29, 0.717) is 0 Å². The predicted molar refractivity (Wildman–Crippen MR) is 44.6 cm³/mol. The third kappa shape index (κ3) is 10.6. The SMILES string of the molecule is C=CCN([S])CC=C.F.F. The Balaban J connectivity index is -0.000000245. The summed E-state index contributed by atoms with van der Waals surface area (Å²) in [5, 5.41) is 0. The molecule has 0 atom stereocenters. The highest BCUT2D eigenvalue weighted by Gasteiger charge is 1.88. The fourth-order valence-electron chi connectivity index (χ4n) is 0.363.